The van der Waals surface area contributed by atoms with E-state index in [1.165, 1.54) is 13.2 Å². The molecule has 1 fully saturated rings. The van der Waals surface area contributed by atoms with Crippen LogP contribution in [0.1, 0.15) is 38.7 Å². The van der Waals surface area contributed by atoms with E-state index < -0.39 is 15.4 Å². The minimum Gasteiger partial charge on any atom is -0.495 e. The van der Waals surface area contributed by atoms with Gasteiger partial charge in [0.1, 0.15) is 23.0 Å². The Kier molecular flexibility index (Phi) is 6.54. The number of likely N-dealkylation sites (N-methyl/N-ethyl adjacent to an activating group) is 1. The Bertz CT molecular complexity index is 1140. The Morgan fingerprint density at radius 1 is 1.12 bits per heavy atom. The van der Waals surface area contributed by atoms with Crippen molar-refractivity contribution in [1.82, 2.24) is 4.90 Å². The van der Waals surface area contributed by atoms with Crippen LogP contribution < -0.4 is 19.5 Å². The molecule has 1 aliphatic carbocycles. The summed E-state index contributed by atoms with van der Waals surface area (Å²) >= 11 is 0. The quantitative estimate of drug-likeness (QED) is 0.547. The van der Waals surface area contributed by atoms with E-state index >= 15 is 0 Å². The van der Waals surface area contributed by atoms with Crippen molar-refractivity contribution in [3.8, 4) is 11.5 Å². The fraction of sp³-hybridized carbons (Fsp3) is 0.458. The number of nitrogens with one attached hydrogen (secondary N) is 2. The Morgan fingerprint density at radius 2 is 1.85 bits per heavy atom. The molecule has 33 heavy (non-hydrogen) atoms. The summed E-state index contributed by atoms with van der Waals surface area (Å²) < 4.78 is 40.3. The summed E-state index contributed by atoms with van der Waals surface area (Å²) in [6.45, 7) is 7.18. The molecule has 0 saturated heterocycles. The number of ether oxygens (including phenoxy) is 2. The number of amides is 1. The molecule has 1 saturated carbocycles. The Balaban J connectivity index is 1.68. The van der Waals surface area contributed by atoms with Crippen LogP contribution in [-0.2, 0) is 20.2 Å². The molecule has 2 aliphatic rings. The van der Waals surface area contributed by atoms with Gasteiger partial charge in [-0.3, -0.25) is 9.52 Å². The lowest BCUT2D eigenvalue weighted by atomic mass is 9.65. The fourth-order valence-corrected chi connectivity index (χ4v) is 5.76. The predicted molar refractivity (Wildman–Crippen MR) is 128 cm³/mol. The number of anilines is 2. The first-order valence-corrected chi connectivity index (χ1v) is 12.8. The standard InChI is InChI=1S/C24H31N3O5S/c1-4-27(5-2)13-14-32-20-16-17(15-18-22(20)25-23(28)24(18)11-8-12-24)26-33(29,30)21-10-7-6-9-19(21)31-3/h6-7,9-10,15-16,26H,4-5,8,11-14H2,1-3H3,(H,25,28). The lowest BCUT2D eigenvalue weighted by Crippen LogP contribution is -2.40. The normalized spacial score (nSPS) is 16.3. The van der Waals surface area contributed by atoms with Gasteiger partial charge in [0.15, 0.2) is 0 Å². The summed E-state index contributed by atoms with van der Waals surface area (Å²) in [5.41, 5.74) is 1.22. The van der Waals surface area contributed by atoms with Crippen LogP contribution in [0.5, 0.6) is 11.5 Å². The zero-order valence-electron chi connectivity index (χ0n) is 19.3. The first-order valence-electron chi connectivity index (χ1n) is 11.4. The van der Waals surface area contributed by atoms with Crippen molar-refractivity contribution in [2.75, 3.05) is 43.4 Å². The molecule has 2 N–H and O–H groups in total. The van der Waals surface area contributed by atoms with Gasteiger partial charge < -0.3 is 19.7 Å². The summed E-state index contributed by atoms with van der Waals surface area (Å²) in [7, 11) is -2.48. The van der Waals surface area contributed by atoms with Gasteiger partial charge >= 0.3 is 0 Å². The highest BCUT2D eigenvalue weighted by Crippen LogP contribution is 2.54. The molecule has 8 nitrogen and oxygen atoms in total. The van der Waals surface area contributed by atoms with Gasteiger partial charge in [0.25, 0.3) is 10.0 Å². The Labute approximate surface area is 195 Å². The van der Waals surface area contributed by atoms with Gasteiger partial charge in [0.05, 0.1) is 23.9 Å². The second-order valence-corrected chi connectivity index (χ2v) is 10.1. The minimum atomic E-state index is -3.92. The van der Waals surface area contributed by atoms with Crippen molar-refractivity contribution in [1.29, 1.82) is 0 Å². The molecule has 0 bridgehead atoms. The molecule has 178 valence electrons. The molecule has 0 aromatic heterocycles. The van der Waals surface area contributed by atoms with E-state index in [0.29, 0.717) is 23.7 Å². The van der Waals surface area contributed by atoms with Gasteiger partial charge in [-0.2, -0.15) is 0 Å². The first-order chi connectivity index (χ1) is 15.8. The van der Waals surface area contributed by atoms with Crippen LogP contribution in [0.3, 0.4) is 0 Å². The average molecular weight is 474 g/mol. The molecule has 0 unspecified atom stereocenters. The topological polar surface area (TPSA) is 97.0 Å². The number of nitrogens with zero attached hydrogens (tertiary/aromatic N) is 1. The van der Waals surface area contributed by atoms with Crippen molar-refractivity contribution >= 4 is 27.3 Å². The maximum atomic E-state index is 13.2. The van der Waals surface area contributed by atoms with Gasteiger partial charge in [-0.05, 0) is 49.7 Å². The SMILES string of the molecule is CCN(CC)CCOc1cc(NS(=O)(=O)c2ccccc2OC)cc2c1NC(=O)C21CCC1. The van der Waals surface area contributed by atoms with Crippen LogP contribution in [0.15, 0.2) is 41.3 Å². The number of sulfonamides is 1. The number of benzene rings is 2. The summed E-state index contributed by atoms with van der Waals surface area (Å²) in [6.07, 6.45) is 2.45. The largest absolute Gasteiger partial charge is 0.495 e. The van der Waals surface area contributed by atoms with Gasteiger partial charge in [-0.25, -0.2) is 8.42 Å². The van der Waals surface area contributed by atoms with Crippen molar-refractivity contribution < 1.29 is 22.7 Å². The number of para-hydroxylation sites is 1. The lowest BCUT2D eigenvalue weighted by Gasteiger charge is -2.36. The molecular weight excluding hydrogens is 442 g/mol. The second kappa shape index (κ2) is 9.23. The van der Waals surface area contributed by atoms with Crippen molar-refractivity contribution in [2.45, 2.75) is 43.4 Å². The van der Waals surface area contributed by atoms with Crippen LogP contribution in [-0.4, -0.2) is 52.6 Å². The van der Waals surface area contributed by atoms with E-state index in [-0.39, 0.29) is 16.6 Å². The molecule has 2 aromatic carbocycles. The smallest absolute Gasteiger partial charge is 0.265 e. The maximum Gasteiger partial charge on any atom is 0.265 e. The van der Waals surface area contributed by atoms with E-state index in [1.54, 1.807) is 30.3 Å². The number of carbonyl (C=O) groups is 1. The van der Waals surface area contributed by atoms with Crippen LogP contribution in [0.4, 0.5) is 11.4 Å². The monoisotopic (exact) mass is 473 g/mol. The van der Waals surface area contributed by atoms with E-state index in [4.69, 9.17) is 9.47 Å². The summed E-state index contributed by atoms with van der Waals surface area (Å²) in [6, 6.07) is 9.86. The van der Waals surface area contributed by atoms with Gasteiger partial charge in [-0.1, -0.05) is 32.4 Å². The van der Waals surface area contributed by atoms with Crippen LogP contribution in [0.25, 0.3) is 0 Å². The van der Waals surface area contributed by atoms with E-state index in [1.807, 2.05) is 0 Å². The van der Waals surface area contributed by atoms with Crippen LogP contribution in [0.2, 0.25) is 0 Å². The van der Waals surface area contributed by atoms with E-state index in [0.717, 1.165) is 44.5 Å². The first kappa shape index (κ1) is 23.4. The number of methoxy groups -OCH3 is 1. The number of fused-ring (bicyclic) bond motifs is 2. The molecule has 1 heterocycles. The second-order valence-electron chi connectivity index (χ2n) is 8.42. The van der Waals surface area contributed by atoms with Crippen molar-refractivity contribution in [3.63, 3.8) is 0 Å². The summed E-state index contributed by atoms with van der Waals surface area (Å²) in [5.74, 6) is 0.700. The highest BCUT2D eigenvalue weighted by molar-refractivity contribution is 7.92. The zero-order chi connectivity index (χ0) is 23.6. The van der Waals surface area contributed by atoms with Gasteiger partial charge in [0.2, 0.25) is 5.91 Å². The van der Waals surface area contributed by atoms with Crippen molar-refractivity contribution in [3.05, 3.63) is 42.0 Å². The molecule has 4 rings (SSSR count). The average Bonchev–Trinajstić information content (AvgIpc) is 3.08. The highest BCUT2D eigenvalue weighted by atomic mass is 32.2. The number of hydrogen-bond donors (Lipinski definition) is 2. The van der Waals surface area contributed by atoms with Crippen LogP contribution >= 0.6 is 0 Å². The predicted octanol–water partition coefficient (Wildman–Crippen LogP) is 3.59. The van der Waals surface area contributed by atoms with Crippen molar-refractivity contribution in [2.24, 2.45) is 0 Å². The van der Waals surface area contributed by atoms with Gasteiger partial charge in [-0.15, -0.1) is 0 Å². The third-order valence-corrected chi connectivity index (χ3v) is 8.09. The fourth-order valence-electron chi connectivity index (χ4n) is 4.55. The third kappa shape index (κ3) is 4.27. The maximum absolute atomic E-state index is 13.2. The number of carbonyl (C=O) groups excluding carboxylic acids is 1. The Hall–Kier alpha value is -2.78. The molecule has 0 atom stereocenters. The minimum absolute atomic E-state index is 0.0397. The number of rotatable bonds is 10. The summed E-state index contributed by atoms with van der Waals surface area (Å²) in [4.78, 5) is 15.1. The Morgan fingerprint density at radius 3 is 2.48 bits per heavy atom. The molecule has 1 spiro atoms. The lowest BCUT2D eigenvalue weighted by molar-refractivity contribution is -0.123. The van der Waals surface area contributed by atoms with E-state index in [2.05, 4.69) is 28.8 Å². The van der Waals surface area contributed by atoms with Gasteiger partial charge in [0, 0.05) is 12.6 Å². The van der Waals surface area contributed by atoms with E-state index in [9.17, 15) is 13.2 Å². The zero-order valence-corrected chi connectivity index (χ0v) is 20.1. The number of hydrogen-bond acceptors (Lipinski definition) is 6. The molecule has 0 radical (unpaired) electrons. The molecule has 2 aromatic rings. The molecule has 1 amide bonds. The molecule has 9 heteroatoms. The molecular formula is C24H31N3O5S. The molecule has 1 aliphatic heterocycles. The third-order valence-electron chi connectivity index (χ3n) is 6.67. The highest BCUT2D eigenvalue weighted by Gasteiger charge is 2.52. The summed E-state index contributed by atoms with van der Waals surface area (Å²) in [5, 5.41) is 2.99. The van der Waals surface area contributed by atoms with Crippen LogP contribution in [0, 0.1) is 0 Å².